The molecule has 0 amide bonds. The van der Waals surface area contributed by atoms with Gasteiger partial charge >= 0.3 is 0 Å². The molecule has 0 aliphatic carbocycles. The minimum atomic E-state index is -3.60. The zero-order valence-corrected chi connectivity index (χ0v) is 15.2. The minimum absolute atomic E-state index is 0.0413. The van der Waals surface area contributed by atoms with Crippen molar-refractivity contribution in [2.24, 2.45) is 5.73 Å². The molecule has 0 bridgehead atoms. The zero-order valence-electron chi connectivity index (χ0n) is 12.7. The van der Waals surface area contributed by atoms with Gasteiger partial charge in [0.05, 0.1) is 15.5 Å². The Labute approximate surface area is 141 Å². The average molecular weight is 374 g/mol. The maximum atomic E-state index is 12.5. The molecule has 0 fully saturated rings. The van der Waals surface area contributed by atoms with Gasteiger partial charge in [-0.2, -0.15) is 0 Å². The van der Waals surface area contributed by atoms with E-state index in [4.69, 9.17) is 5.73 Å². The number of aryl methyl sites for hydroxylation is 1. The molecule has 1 aromatic heterocycles. The van der Waals surface area contributed by atoms with Crippen LogP contribution in [0.5, 0.6) is 0 Å². The summed E-state index contributed by atoms with van der Waals surface area (Å²) in [6.07, 6.45) is 1.15. The number of sulfone groups is 2. The maximum Gasteiger partial charge on any atom is 0.215 e. The van der Waals surface area contributed by atoms with Crippen molar-refractivity contribution in [1.29, 1.82) is 0 Å². The number of thiophene rings is 1. The van der Waals surface area contributed by atoms with E-state index in [-0.39, 0.29) is 19.8 Å². The Morgan fingerprint density at radius 2 is 1.57 bits per heavy atom. The highest BCUT2D eigenvalue weighted by atomic mass is 32.2. The molecule has 0 aliphatic rings. The first-order valence-corrected chi connectivity index (χ1v) is 11.1. The molecular formula is C15H19NO4S3. The predicted molar refractivity (Wildman–Crippen MR) is 91.3 cm³/mol. The average Bonchev–Trinajstić information content (AvgIpc) is 3.03. The first kappa shape index (κ1) is 18.1. The lowest BCUT2D eigenvalue weighted by molar-refractivity contribution is 0.591. The summed E-state index contributed by atoms with van der Waals surface area (Å²) in [5, 5.41) is 0. The van der Waals surface area contributed by atoms with Gasteiger partial charge in [-0.1, -0.05) is 6.92 Å². The third-order valence-corrected chi connectivity index (χ3v) is 8.67. The highest BCUT2D eigenvalue weighted by Gasteiger charge is 2.21. The van der Waals surface area contributed by atoms with Crippen molar-refractivity contribution < 1.29 is 16.8 Å². The summed E-state index contributed by atoms with van der Waals surface area (Å²) >= 11 is 1.24. The third kappa shape index (κ3) is 4.00. The Morgan fingerprint density at radius 3 is 2.09 bits per heavy atom. The van der Waals surface area contributed by atoms with Gasteiger partial charge in [-0.05, 0) is 55.8 Å². The lowest BCUT2D eigenvalue weighted by atomic mass is 10.4. The molecule has 0 radical (unpaired) electrons. The molecule has 5 nitrogen and oxygen atoms in total. The summed E-state index contributed by atoms with van der Waals surface area (Å²) < 4.78 is 49.5. The van der Waals surface area contributed by atoms with Gasteiger partial charge in [-0.3, -0.25) is 0 Å². The molecule has 0 unspecified atom stereocenters. The summed E-state index contributed by atoms with van der Waals surface area (Å²) in [4.78, 5) is 1.20. The van der Waals surface area contributed by atoms with Gasteiger partial charge in [0, 0.05) is 4.88 Å². The lowest BCUT2D eigenvalue weighted by Gasteiger charge is -2.06. The molecule has 23 heavy (non-hydrogen) atoms. The van der Waals surface area contributed by atoms with Crippen molar-refractivity contribution in [3.05, 3.63) is 41.3 Å². The molecule has 126 valence electrons. The second-order valence-corrected chi connectivity index (χ2v) is 10.5. The standard InChI is InChI=1S/C15H19NO4S3/c1-2-12-4-9-15(21-12)23(19,20)14-7-5-13(6-8-14)22(17,18)11-3-10-16/h4-9H,2-3,10-11,16H2,1H3. The van der Waals surface area contributed by atoms with Gasteiger partial charge in [0.25, 0.3) is 0 Å². The molecule has 2 rings (SSSR count). The van der Waals surface area contributed by atoms with E-state index in [1.807, 2.05) is 6.92 Å². The Kier molecular flexibility index (Phi) is 5.61. The van der Waals surface area contributed by atoms with E-state index >= 15 is 0 Å². The van der Waals surface area contributed by atoms with Crippen LogP contribution in [0.2, 0.25) is 0 Å². The van der Waals surface area contributed by atoms with Crippen LogP contribution in [0.3, 0.4) is 0 Å². The monoisotopic (exact) mass is 373 g/mol. The molecule has 2 aromatic rings. The number of benzene rings is 1. The maximum absolute atomic E-state index is 12.5. The fourth-order valence-electron chi connectivity index (χ4n) is 2.03. The van der Waals surface area contributed by atoms with E-state index in [1.54, 1.807) is 12.1 Å². The van der Waals surface area contributed by atoms with Crippen molar-refractivity contribution in [3.63, 3.8) is 0 Å². The molecule has 0 spiro atoms. The normalized spacial score (nSPS) is 12.4. The third-order valence-electron chi connectivity index (χ3n) is 3.36. The summed E-state index contributed by atoms with van der Waals surface area (Å²) in [5.74, 6) is -0.0413. The van der Waals surface area contributed by atoms with Crippen LogP contribution in [-0.2, 0) is 26.1 Å². The number of rotatable bonds is 7. The van der Waals surface area contributed by atoms with Crippen LogP contribution in [0.1, 0.15) is 18.2 Å². The number of nitrogens with two attached hydrogens (primary N) is 1. The Hall–Kier alpha value is -1.22. The topological polar surface area (TPSA) is 94.3 Å². The van der Waals surface area contributed by atoms with Crippen molar-refractivity contribution in [2.45, 2.75) is 33.8 Å². The molecular weight excluding hydrogens is 354 g/mol. The number of hydrogen-bond acceptors (Lipinski definition) is 6. The van der Waals surface area contributed by atoms with Crippen molar-refractivity contribution in [1.82, 2.24) is 0 Å². The van der Waals surface area contributed by atoms with Gasteiger partial charge in [0.2, 0.25) is 9.84 Å². The minimum Gasteiger partial charge on any atom is -0.330 e. The Morgan fingerprint density at radius 1 is 0.957 bits per heavy atom. The van der Waals surface area contributed by atoms with E-state index in [9.17, 15) is 16.8 Å². The van der Waals surface area contributed by atoms with Gasteiger partial charge in [-0.25, -0.2) is 16.8 Å². The molecule has 0 atom stereocenters. The van der Waals surface area contributed by atoms with Crippen molar-refractivity contribution in [2.75, 3.05) is 12.3 Å². The van der Waals surface area contributed by atoms with Crippen LogP contribution in [0, 0.1) is 0 Å². The second-order valence-electron chi connectivity index (χ2n) is 5.01. The summed E-state index contributed by atoms with van der Waals surface area (Å²) in [5.41, 5.74) is 5.33. The van der Waals surface area contributed by atoms with Crippen molar-refractivity contribution in [3.8, 4) is 0 Å². The first-order chi connectivity index (χ1) is 10.8. The van der Waals surface area contributed by atoms with Gasteiger partial charge in [-0.15, -0.1) is 11.3 Å². The molecule has 2 N–H and O–H groups in total. The molecule has 1 heterocycles. The van der Waals surface area contributed by atoms with Gasteiger partial charge in [0.1, 0.15) is 4.21 Å². The van der Waals surface area contributed by atoms with E-state index in [0.29, 0.717) is 13.0 Å². The highest BCUT2D eigenvalue weighted by molar-refractivity contribution is 7.93. The lowest BCUT2D eigenvalue weighted by Crippen LogP contribution is -2.11. The van der Waals surface area contributed by atoms with Crippen LogP contribution in [-0.4, -0.2) is 29.1 Å². The van der Waals surface area contributed by atoms with Crippen LogP contribution in [0.15, 0.2) is 50.4 Å². The van der Waals surface area contributed by atoms with Crippen LogP contribution in [0.4, 0.5) is 0 Å². The van der Waals surface area contributed by atoms with E-state index < -0.39 is 19.7 Å². The number of hydrogen-bond donors (Lipinski definition) is 1. The van der Waals surface area contributed by atoms with E-state index in [0.717, 1.165) is 11.3 Å². The van der Waals surface area contributed by atoms with E-state index in [1.165, 1.54) is 35.6 Å². The molecule has 1 aromatic carbocycles. The predicted octanol–water partition coefficient (Wildman–Crippen LogP) is 2.27. The van der Waals surface area contributed by atoms with Crippen LogP contribution in [0.25, 0.3) is 0 Å². The second kappa shape index (κ2) is 7.12. The van der Waals surface area contributed by atoms with E-state index in [2.05, 4.69) is 0 Å². The molecule has 0 saturated heterocycles. The molecule has 0 saturated carbocycles. The quantitative estimate of drug-likeness (QED) is 0.803. The first-order valence-electron chi connectivity index (χ1n) is 7.18. The summed E-state index contributed by atoms with van der Waals surface area (Å²) in [6, 6.07) is 8.75. The largest absolute Gasteiger partial charge is 0.330 e. The van der Waals surface area contributed by atoms with Gasteiger partial charge in [0.15, 0.2) is 9.84 Å². The smallest absolute Gasteiger partial charge is 0.215 e. The van der Waals surface area contributed by atoms with Crippen molar-refractivity contribution >= 4 is 31.0 Å². The Balaban J connectivity index is 2.32. The molecule has 8 heteroatoms. The Bertz CT molecular complexity index is 866. The van der Waals surface area contributed by atoms with Gasteiger partial charge < -0.3 is 5.73 Å². The van der Waals surface area contributed by atoms with Crippen LogP contribution >= 0.6 is 11.3 Å². The SMILES string of the molecule is CCc1ccc(S(=O)(=O)c2ccc(S(=O)(=O)CCCN)cc2)s1. The molecule has 0 aliphatic heterocycles. The summed E-state index contributed by atoms with van der Waals surface area (Å²) in [7, 11) is -7.03. The fraction of sp³-hybridized carbons (Fsp3) is 0.333. The zero-order chi connectivity index (χ0) is 17.1. The van der Waals surface area contributed by atoms with Crippen LogP contribution < -0.4 is 5.73 Å². The highest BCUT2D eigenvalue weighted by Crippen LogP contribution is 2.28. The fourth-order valence-corrected chi connectivity index (χ4v) is 6.06. The summed E-state index contributed by atoms with van der Waals surface area (Å²) in [6.45, 7) is 2.26.